The fourth-order valence-corrected chi connectivity index (χ4v) is 3.91. The summed E-state index contributed by atoms with van der Waals surface area (Å²) in [5, 5.41) is 3.55. The van der Waals surface area contributed by atoms with E-state index in [9.17, 15) is 4.79 Å². The summed E-state index contributed by atoms with van der Waals surface area (Å²) in [6, 6.07) is 6.00. The number of carbonyl (C=O) groups is 1. The van der Waals surface area contributed by atoms with Crippen molar-refractivity contribution in [2.75, 3.05) is 5.73 Å². The van der Waals surface area contributed by atoms with Crippen molar-refractivity contribution in [3.8, 4) is 0 Å². The Balaban J connectivity index is 1.90. The second-order valence-corrected chi connectivity index (χ2v) is 7.75. The van der Waals surface area contributed by atoms with Gasteiger partial charge in [0.05, 0.1) is 0 Å². The maximum absolute atomic E-state index is 12.8. The molecule has 3 N–H and O–H groups in total. The van der Waals surface area contributed by atoms with Crippen LogP contribution < -0.4 is 11.1 Å². The molecular formula is C20H28N2O. The molecular weight excluding hydrogens is 284 g/mol. The third-order valence-electron chi connectivity index (χ3n) is 5.07. The van der Waals surface area contributed by atoms with E-state index in [2.05, 4.69) is 19.2 Å². The van der Waals surface area contributed by atoms with Gasteiger partial charge in [-0.3, -0.25) is 4.79 Å². The molecule has 1 aromatic rings. The van der Waals surface area contributed by atoms with E-state index >= 15 is 0 Å². The zero-order chi connectivity index (χ0) is 16.4. The first-order valence-electron chi connectivity index (χ1n) is 8.87. The number of hydrogen-bond donors (Lipinski definition) is 2. The minimum atomic E-state index is -0.0592. The van der Waals surface area contributed by atoms with Crippen LogP contribution in [0.3, 0.4) is 0 Å². The molecule has 1 aromatic carbocycles. The highest BCUT2D eigenvalue weighted by atomic mass is 16.1. The smallest absolute Gasteiger partial charge is 0.160 e. The number of carbonyl (C=O) groups excluding carboxylic acids is 1. The first-order chi connectivity index (χ1) is 10.9. The van der Waals surface area contributed by atoms with Crippen LogP contribution in [0.15, 0.2) is 24.3 Å². The molecule has 2 aliphatic rings. The summed E-state index contributed by atoms with van der Waals surface area (Å²) >= 11 is 0. The second-order valence-electron chi connectivity index (χ2n) is 7.75. The van der Waals surface area contributed by atoms with E-state index in [4.69, 9.17) is 5.73 Å². The monoisotopic (exact) mass is 312 g/mol. The maximum Gasteiger partial charge on any atom is 0.160 e. The Morgan fingerprint density at radius 3 is 2.61 bits per heavy atom. The highest BCUT2D eigenvalue weighted by Crippen LogP contribution is 2.32. The molecule has 1 heterocycles. The van der Waals surface area contributed by atoms with Gasteiger partial charge >= 0.3 is 0 Å². The Labute approximate surface area is 139 Å². The van der Waals surface area contributed by atoms with Crippen LogP contribution in [0.2, 0.25) is 0 Å². The molecule has 0 unspecified atom stereocenters. The summed E-state index contributed by atoms with van der Waals surface area (Å²) in [5.41, 5.74) is 9.99. The first-order valence-corrected chi connectivity index (χ1v) is 8.87. The Morgan fingerprint density at radius 1 is 1.22 bits per heavy atom. The average Bonchev–Trinajstić information content (AvgIpc) is 2.74. The summed E-state index contributed by atoms with van der Waals surface area (Å²) in [6.45, 7) is 4.34. The molecule has 3 heteroatoms. The van der Waals surface area contributed by atoms with E-state index in [0.29, 0.717) is 0 Å². The van der Waals surface area contributed by atoms with Crippen LogP contribution >= 0.6 is 0 Å². The third-order valence-corrected chi connectivity index (χ3v) is 5.07. The van der Waals surface area contributed by atoms with E-state index in [1.165, 1.54) is 31.2 Å². The molecule has 0 saturated heterocycles. The van der Waals surface area contributed by atoms with Gasteiger partial charge in [-0.1, -0.05) is 31.7 Å². The number of rotatable bonds is 2. The summed E-state index contributed by atoms with van der Waals surface area (Å²) in [6.07, 6.45) is 9.77. The topological polar surface area (TPSA) is 55.1 Å². The predicted octanol–water partition coefficient (Wildman–Crippen LogP) is 4.07. The lowest BCUT2D eigenvalue weighted by Gasteiger charge is -2.36. The van der Waals surface area contributed by atoms with Gasteiger partial charge in [-0.15, -0.1) is 0 Å². The van der Waals surface area contributed by atoms with Gasteiger partial charge in [0.25, 0.3) is 0 Å². The predicted molar refractivity (Wildman–Crippen MR) is 95.9 cm³/mol. The van der Waals surface area contributed by atoms with Crippen molar-refractivity contribution in [2.45, 2.75) is 64.3 Å². The quantitative estimate of drug-likeness (QED) is 0.491. The number of nitrogens with two attached hydrogens (primary N) is 1. The Kier molecular flexibility index (Phi) is 4.47. The molecule has 0 atom stereocenters. The van der Waals surface area contributed by atoms with Gasteiger partial charge in [-0.2, -0.15) is 0 Å². The van der Waals surface area contributed by atoms with E-state index in [1.807, 2.05) is 24.3 Å². The number of nitrogen functional groups attached to an aromatic ring is 1. The first kappa shape index (κ1) is 16.1. The molecule has 1 saturated carbocycles. The largest absolute Gasteiger partial charge is 0.399 e. The zero-order valence-corrected chi connectivity index (χ0v) is 14.3. The molecule has 23 heavy (non-hydrogen) atoms. The van der Waals surface area contributed by atoms with E-state index in [0.717, 1.165) is 36.2 Å². The van der Waals surface area contributed by atoms with Crippen LogP contribution in [0.4, 0.5) is 5.69 Å². The molecule has 3 nitrogen and oxygen atoms in total. The van der Waals surface area contributed by atoms with Crippen molar-refractivity contribution in [2.24, 2.45) is 5.92 Å². The van der Waals surface area contributed by atoms with Crippen molar-refractivity contribution in [1.29, 1.82) is 0 Å². The van der Waals surface area contributed by atoms with Crippen LogP contribution in [-0.2, 0) is 11.2 Å². The molecule has 124 valence electrons. The van der Waals surface area contributed by atoms with Gasteiger partial charge in [0.2, 0.25) is 0 Å². The lowest BCUT2D eigenvalue weighted by Crippen LogP contribution is -2.44. The van der Waals surface area contributed by atoms with Gasteiger partial charge in [0, 0.05) is 34.5 Å². The Morgan fingerprint density at radius 2 is 1.91 bits per heavy atom. The summed E-state index contributed by atoms with van der Waals surface area (Å²) < 4.78 is 0. The number of allylic oxidation sites excluding steroid dienone is 1. The molecule has 0 radical (unpaired) electrons. The van der Waals surface area contributed by atoms with Crippen LogP contribution in [0.25, 0.3) is 5.70 Å². The van der Waals surface area contributed by atoms with Gasteiger partial charge in [0.15, 0.2) is 5.78 Å². The highest BCUT2D eigenvalue weighted by Gasteiger charge is 2.29. The van der Waals surface area contributed by atoms with Gasteiger partial charge in [0.1, 0.15) is 0 Å². The van der Waals surface area contributed by atoms with E-state index in [-0.39, 0.29) is 17.2 Å². The van der Waals surface area contributed by atoms with Crippen LogP contribution in [0.5, 0.6) is 0 Å². The average molecular weight is 312 g/mol. The molecule has 3 rings (SSSR count). The molecule has 1 aliphatic heterocycles. The van der Waals surface area contributed by atoms with Crippen molar-refractivity contribution < 1.29 is 4.79 Å². The Bertz CT molecular complexity index is 623. The fraction of sp³-hybridized carbons (Fsp3) is 0.550. The van der Waals surface area contributed by atoms with Gasteiger partial charge in [-0.05, 0) is 50.8 Å². The SMILES string of the molecule is CC1(C)Cc2cc(N)ccc2C(=CC(=O)C2CCCCCC2)N1. The van der Waals surface area contributed by atoms with Gasteiger partial charge in [-0.25, -0.2) is 0 Å². The van der Waals surface area contributed by atoms with Crippen molar-refractivity contribution in [3.05, 3.63) is 35.4 Å². The molecule has 0 bridgehead atoms. The molecule has 1 aliphatic carbocycles. The number of ketones is 1. The fourth-order valence-electron chi connectivity index (χ4n) is 3.91. The van der Waals surface area contributed by atoms with Crippen molar-refractivity contribution >= 4 is 17.2 Å². The minimum absolute atomic E-state index is 0.0592. The van der Waals surface area contributed by atoms with E-state index in [1.54, 1.807) is 0 Å². The number of fused-ring (bicyclic) bond motifs is 1. The number of hydrogen-bond acceptors (Lipinski definition) is 3. The highest BCUT2D eigenvalue weighted by molar-refractivity contribution is 5.98. The standard InChI is InChI=1S/C20H28N2O/c1-20(2)13-15-11-16(21)9-10-17(15)18(22-20)12-19(23)14-7-5-3-4-6-8-14/h9-12,14,22H,3-8,13,21H2,1-2H3. The maximum atomic E-state index is 12.8. The summed E-state index contributed by atoms with van der Waals surface area (Å²) in [7, 11) is 0. The molecule has 0 amide bonds. The van der Waals surface area contributed by atoms with Crippen LogP contribution in [0, 0.1) is 5.92 Å². The van der Waals surface area contributed by atoms with Gasteiger partial charge < -0.3 is 11.1 Å². The molecule has 1 fully saturated rings. The number of anilines is 1. The lowest BCUT2D eigenvalue weighted by molar-refractivity contribution is -0.118. The number of benzene rings is 1. The third kappa shape index (κ3) is 3.77. The van der Waals surface area contributed by atoms with Crippen LogP contribution in [0.1, 0.15) is 63.5 Å². The zero-order valence-electron chi connectivity index (χ0n) is 14.3. The summed E-state index contributed by atoms with van der Waals surface area (Å²) in [4.78, 5) is 12.8. The number of nitrogens with one attached hydrogen (secondary N) is 1. The molecule has 0 spiro atoms. The summed E-state index contributed by atoms with van der Waals surface area (Å²) in [5.74, 6) is 0.490. The van der Waals surface area contributed by atoms with Crippen LogP contribution in [-0.4, -0.2) is 11.3 Å². The normalized spacial score (nSPS) is 23.0. The molecule has 0 aromatic heterocycles. The van der Waals surface area contributed by atoms with E-state index < -0.39 is 0 Å². The van der Waals surface area contributed by atoms with Crippen molar-refractivity contribution in [3.63, 3.8) is 0 Å². The Hall–Kier alpha value is -1.77. The lowest BCUT2D eigenvalue weighted by atomic mass is 9.84. The van der Waals surface area contributed by atoms with Crippen molar-refractivity contribution in [1.82, 2.24) is 5.32 Å². The second kappa shape index (κ2) is 6.38. The minimum Gasteiger partial charge on any atom is -0.399 e.